The lowest BCUT2D eigenvalue weighted by Gasteiger charge is -2.30. The maximum Gasteiger partial charge on any atom is 0.416 e. The Hall–Kier alpha value is -2.35. The third-order valence-corrected chi connectivity index (χ3v) is 5.51. The fourth-order valence-electron chi connectivity index (χ4n) is 3.79. The summed E-state index contributed by atoms with van der Waals surface area (Å²) in [5.41, 5.74) is 0.754. The van der Waals surface area contributed by atoms with Gasteiger partial charge in [-0.25, -0.2) is 4.68 Å². The third kappa shape index (κ3) is 3.78. The maximum atomic E-state index is 13.1. The van der Waals surface area contributed by atoms with Gasteiger partial charge in [0, 0.05) is 18.0 Å². The minimum absolute atomic E-state index is 0.0326. The Bertz CT molecular complexity index is 873. The summed E-state index contributed by atoms with van der Waals surface area (Å²) in [5, 5.41) is 10.7. The van der Waals surface area contributed by atoms with Gasteiger partial charge in [0.2, 0.25) is 0 Å². The molecule has 150 valence electrons. The largest absolute Gasteiger partial charge is 0.416 e. The first kappa shape index (κ1) is 19.0. The Morgan fingerprint density at radius 3 is 2.75 bits per heavy atom. The Balaban J connectivity index is 1.64. The van der Waals surface area contributed by atoms with E-state index in [1.165, 1.54) is 16.9 Å². The molecule has 1 aromatic carbocycles. The molecule has 2 fully saturated rings. The summed E-state index contributed by atoms with van der Waals surface area (Å²) in [5.74, 6) is -0.0552. The van der Waals surface area contributed by atoms with Crippen LogP contribution in [0, 0.1) is 0 Å². The molecule has 0 spiro atoms. The zero-order chi connectivity index (χ0) is 19.9. The van der Waals surface area contributed by atoms with Gasteiger partial charge in [-0.1, -0.05) is 6.07 Å². The summed E-state index contributed by atoms with van der Waals surface area (Å²) in [7, 11) is 0. The molecule has 2 N–H and O–H groups in total. The third-order valence-electron chi connectivity index (χ3n) is 5.51. The van der Waals surface area contributed by atoms with Crippen LogP contribution in [0.3, 0.4) is 0 Å². The van der Waals surface area contributed by atoms with Crippen molar-refractivity contribution in [2.75, 3.05) is 6.54 Å². The van der Waals surface area contributed by atoms with Crippen LogP contribution in [0.15, 0.2) is 30.5 Å². The van der Waals surface area contributed by atoms with Crippen LogP contribution in [-0.4, -0.2) is 34.3 Å². The molecular formula is C20H23F3N4O. The number of piperidine rings is 1. The van der Waals surface area contributed by atoms with Crippen LogP contribution in [0.4, 0.5) is 13.2 Å². The summed E-state index contributed by atoms with van der Waals surface area (Å²) < 4.78 is 40.7. The lowest BCUT2D eigenvalue weighted by molar-refractivity contribution is -0.137. The van der Waals surface area contributed by atoms with E-state index in [1.54, 1.807) is 6.07 Å². The van der Waals surface area contributed by atoms with Crippen molar-refractivity contribution in [2.24, 2.45) is 0 Å². The number of carbonyl (C=O) groups excluding carboxylic acids is 1. The highest BCUT2D eigenvalue weighted by Crippen LogP contribution is 2.43. The molecule has 4 rings (SSSR count). The number of hydrogen-bond donors (Lipinski definition) is 2. The second-order valence-electron chi connectivity index (χ2n) is 7.64. The number of rotatable bonds is 4. The Morgan fingerprint density at radius 1 is 1.29 bits per heavy atom. The molecule has 1 saturated heterocycles. The SMILES string of the molecule is CC1NCCCC1NC(=O)c1cnn(-c2cccc(C(F)(F)F)c2)c1C1CC1. The van der Waals surface area contributed by atoms with Crippen LogP contribution < -0.4 is 10.6 Å². The van der Waals surface area contributed by atoms with E-state index < -0.39 is 11.7 Å². The van der Waals surface area contributed by atoms with Crippen LogP contribution >= 0.6 is 0 Å². The molecule has 2 aliphatic rings. The number of alkyl halides is 3. The molecule has 1 aliphatic carbocycles. The van der Waals surface area contributed by atoms with E-state index in [0.29, 0.717) is 16.9 Å². The van der Waals surface area contributed by atoms with Gasteiger partial charge in [0.05, 0.1) is 28.7 Å². The molecule has 2 heterocycles. The van der Waals surface area contributed by atoms with E-state index in [4.69, 9.17) is 0 Å². The van der Waals surface area contributed by atoms with E-state index >= 15 is 0 Å². The highest BCUT2D eigenvalue weighted by atomic mass is 19.4. The molecule has 2 aromatic rings. The van der Waals surface area contributed by atoms with Crippen molar-refractivity contribution in [2.45, 2.75) is 56.8 Å². The van der Waals surface area contributed by atoms with Crippen molar-refractivity contribution in [1.82, 2.24) is 20.4 Å². The predicted octanol–water partition coefficient (Wildman–Crippen LogP) is 3.64. The smallest absolute Gasteiger partial charge is 0.348 e. The number of hydrogen-bond acceptors (Lipinski definition) is 3. The first-order valence-corrected chi connectivity index (χ1v) is 9.64. The minimum Gasteiger partial charge on any atom is -0.348 e. The van der Waals surface area contributed by atoms with Gasteiger partial charge in [-0.05, 0) is 57.4 Å². The highest BCUT2D eigenvalue weighted by Gasteiger charge is 2.35. The number of carbonyl (C=O) groups is 1. The molecule has 0 bridgehead atoms. The van der Waals surface area contributed by atoms with Gasteiger partial charge < -0.3 is 10.6 Å². The standard InChI is InChI=1S/C20H23F3N4O/c1-12-17(6-3-9-24-12)26-19(28)16-11-25-27(18(16)13-7-8-13)15-5-2-4-14(10-15)20(21,22)23/h2,4-5,10-13,17,24H,3,6-9H2,1H3,(H,26,28). The summed E-state index contributed by atoms with van der Waals surface area (Å²) in [4.78, 5) is 12.9. The topological polar surface area (TPSA) is 58.9 Å². The van der Waals surface area contributed by atoms with Gasteiger partial charge in [-0.2, -0.15) is 18.3 Å². The maximum absolute atomic E-state index is 13.1. The molecule has 5 nitrogen and oxygen atoms in total. The molecule has 1 saturated carbocycles. The lowest BCUT2D eigenvalue weighted by atomic mass is 9.99. The molecule has 1 aromatic heterocycles. The average Bonchev–Trinajstić information content (AvgIpc) is 3.40. The van der Waals surface area contributed by atoms with E-state index in [9.17, 15) is 18.0 Å². The van der Waals surface area contributed by atoms with Gasteiger partial charge in [-0.15, -0.1) is 0 Å². The van der Waals surface area contributed by atoms with Crippen LogP contribution in [0.25, 0.3) is 5.69 Å². The fraction of sp³-hybridized carbons (Fsp3) is 0.500. The molecule has 2 unspecified atom stereocenters. The summed E-state index contributed by atoms with van der Waals surface area (Å²) in [6.45, 7) is 2.98. The summed E-state index contributed by atoms with van der Waals surface area (Å²) in [6, 6.07) is 5.28. The zero-order valence-corrected chi connectivity index (χ0v) is 15.6. The normalized spacial score (nSPS) is 22.9. The molecule has 2 atom stereocenters. The van der Waals surface area contributed by atoms with Gasteiger partial charge in [0.15, 0.2) is 0 Å². The number of amides is 1. The number of nitrogens with zero attached hydrogens (tertiary/aromatic N) is 2. The van der Waals surface area contributed by atoms with Crippen molar-refractivity contribution >= 4 is 5.91 Å². The van der Waals surface area contributed by atoms with Gasteiger partial charge in [0.25, 0.3) is 5.91 Å². The predicted molar refractivity (Wildman–Crippen MR) is 98.5 cm³/mol. The van der Waals surface area contributed by atoms with Crippen LogP contribution in [-0.2, 0) is 6.18 Å². The second-order valence-corrected chi connectivity index (χ2v) is 7.64. The van der Waals surface area contributed by atoms with Crippen molar-refractivity contribution in [3.05, 3.63) is 47.3 Å². The first-order chi connectivity index (χ1) is 13.3. The van der Waals surface area contributed by atoms with E-state index in [-0.39, 0.29) is 23.9 Å². The quantitative estimate of drug-likeness (QED) is 0.835. The Kier molecular flexibility index (Phi) is 4.91. The van der Waals surface area contributed by atoms with Crippen molar-refractivity contribution < 1.29 is 18.0 Å². The second kappa shape index (κ2) is 7.24. The van der Waals surface area contributed by atoms with Crippen LogP contribution in [0.2, 0.25) is 0 Å². The minimum atomic E-state index is -4.42. The Labute approximate surface area is 161 Å². The van der Waals surface area contributed by atoms with Crippen molar-refractivity contribution in [3.8, 4) is 5.69 Å². The number of aromatic nitrogens is 2. The molecule has 28 heavy (non-hydrogen) atoms. The molecule has 1 amide bonds. The average molecular weight is 392 g/mol. The van der Waals surface area contributed by atoms with Crippen molar-refractivity contribution in [1.29, 1.82) is 0 Å². The zero-order valence-electron chi connectivity index (χ0n) is 15.6. The van der Waals surface area contributed by atoms with E-state index in [2.05, 4.69) is 15.7 Å². The lowest BCUT2D eigenvalue weighted by Crippen LogP contribution is -2.52. The first-order valence-electron chi connectivity index (χ1n) is 9.64. The van der Waals surface area contributed by atoms with Gasteiger partial charge in [-0.3, -0.25) is 4.79 Å². The van der Waals surface area contributed by atoms with E-state index in [0.717, 1.165) is 44.4 Å². The van der Waals surface area contributed by atoms with Gasteiger partial charge >= 0.3 is 6.18 Å². The number of halogens is 3. The number of benzene rings is 1. The fourth-order valence-corrected chi connectivity index (χ4v) is 3.79. The molecule has 1 aliphatic heterocycles. The molecule has 0 radical (unpaired) electrons. The monoisotopic (exact) mass is 392 g/mol. The highest BCUT2D eigenvalue weighted by molar-refractivity contribution is 5.95. The molecule has 8 heteroatoms. The summed E-state index contributed by atoms with van der Waals surface area (Å²) in [6.07, 6.45) is 0.769. The Morgan fingerprint density at radius 2 is 2.07 bits per heavy atom. The van der Waals surface area contributed by atoms with E-state index in [1.807, 2.05) is 6.92 Å². The molecular weight excluding hydrogens is 369 g/mol. The van der Waals surface area contributed by atoms with Crippen LogP contribution in [0.5, 0.6) is 0 Å². The van der Waals surface area contributed by atoms with Crippen LogP contribution in [0.1, 0.15) is 60.1 Å². The van der Waals surface area contributed by atoms with Gasteiger partial charge in [0.1, 0.15) is 0 Å². The van der Waals surface area contributed by atoms with Crippen molar-refractivity contribution in [3.63, 3.8) is 0 Å². The number of nitrogens with one attached hydrogen (secondary N) is 2. The summed E-state index contributed by atoms with van der Waals surface area (Å²) >= 11 is 0.